The van der Waals surface area contributed by atoms with Gasteiger partial charge in [0, 0.05) is 56.8 Å². The molecule has 4 rings (SSSR count). The lowest BCUT2D eigenvalue weighted by molar-refractivity contribution is -0.0844. The van der Waals surface area contributed by atoms with Crippen molar-refractivity contribution in [2.24, 2.45) is 0 Å². The molecule has 3 atom stereocenters. The first-order valence-electron chi connectivity index (χ1n) is 8.64. The van der Waals surface area contributed by atoms with Crippen LogP contribution in [0.25, 0.3) is 0 Å². The van der Waals surface area contributed by atoms with Gasteiger partial charge in [0.1, 0.15) is 6.10 Å². The number of nitrogens with zero attached hydrogens (tertiary/aromatic N) is 3. The molecule has 2 aromatic heterocycles. The number of pyridine rings is 1. The van der Waals surface area contributed by atoms with Gasteiger partial charge in [0.2, 0.25) is 5.88 Å². The number of aromatic amines is 1. The fourth-order valence-corrected chi connectivity index (χ4v) is 4.23. The van der Waals surface area contributed by atoms with Crippen molar-refractivity contribution < 1.29 is 9.47 Å². The second-order valence-corrected chi connectivity index (χ2v) is 6.77. The van der Waals surface area contributed by atoms with Crippen molar-refractivity contribution in [1.29, 1.82) is 0 Å². The molecule has 128 valence electrons. The summed E-state index contributed by atoms with van der Waals surface area (Å²) >= 11 is 0. The maximum atomic E-state index is 6.12. The van der Waals surface area contributed by atoms with E-state index in [1.807, 2.05) is 37.6 Å². The SMILES string of the molecule is CO[C@@]12CC[C@H](Oc3ccccn3)C[C@@H]1N(Cc1ccn[nH]1)CC2. The van der Waals surface area contributed by atoms with Crippen molar-refractivity contribution >= 4 is 0 Å². The highest BCUT2D eigenvalue weighted by Gasteiger charge is 2.51. The Hall–Kier alpha value is -1.92. The summed E-state index contributed by atoms with van der Waals surface area (Å²) in [5.41, 5.74) is 1.11. The summed E-state index contributed by atoms with van der Waals surface area (Å²) in [6.45, 7) is 1.93. The Bertz CT molecular complexity index is 648. The van der Waals surface area contributed by atoms with E-state index < -0.39 is 0 Å². The molecule has 2 aliphatic rings. The Labute approximate surface area is 142 Å². The molecule has 24 heavy (non-hydrogen) atoms. The quantitative estimate of drug-likeness (QED) is 0.913. The van der Waals surface area contributed by atoms with Gasteiger partial charge in [-0.05, 0) is 31.4 Å². The average Bonchev–Trinajstić information content (AvgIpc) is 3.25. The standard InChI is InChI=1S/C18H24N4O2/c1-23-18-7-5-15(24-17-4-2-3-9-19-17)12-16(18)22(11-8-18)13-14-6-10-20-21-14/h2-4,6,9-10,15-16H,5,7-8,11-13H2,1H3,(H,20,21)/t15-,16-,18+/m0/s1. The zero-order valence-corrected chi connectivity index (χ0v) is 14.0. The number of hydrogen-bond acceptors (Lipinski definition) is 5. The summed E-state index contributed by atoms with van der Waals surface area (Å²) in [5.74, 6) is 0.713. The molecule has 0 bridgehead atoms. The molecule has 1 aliphatic carbocycles. The Kier molecular flexibility index (Phi) is 4.24. The molecule has 6 nitrogen and oxygen atoms in total. The van der Waals surface area contributed by atoms with Gasteiger partial charge in [-0.1, -0.05) is 6.07 Å². The highest BCUT2D eigenvalue weighted by molar-refractivity contribution is 5.12. The summed E-state index contributed by atoms with van der Waals surface area (Å²) in [6.07, 6.45) is 7.87. The molecular formula is C18H24N4O2. The number of ether oxygens (including phenoxy) is 2. The van der Waals surface area contributed by atoms with E-state index in [1.165, 1.54) is 0 Å². The van der Waals surface area contributed by atoms with E-state index in [0.29, 0.717) is 11.9 Å². The van der Waals surface area contributed by atoms with Gasteiger partial charge in [0.25, 0.3) is 0 Å². The minimum absolute atomic E-state index is 0.0377. The lowest BCUT2D eigenvalue weighted by atomic mass is 9.79. The molecule has 0 aromatic carbocycles. The van der Waals surface area contributed by atoms with Crippen molar-refractivity contribution in [3.8, 4) is 5.88 Å². The van der Waals surface area contributed by atoms with Gasteiger partial charge in [-0.15, -0.1) is 0 Å². The van der Waals surface area contributed by atoms with Gasteiger partial charge >= 0.3 is 0 Å². The number of rotatable bonds is 5. The van der Waals surface area contributed by atoms with E-state index >= 15 is 0 Å². The van der Waals surface area contributed by atoms with Crippen LogP contribution in [-0.4, -0.2) is 51.5 Å². The van der Waals surface area contributed by atoms with E-state index in [4.69, 9.17) is 9.47 Å². The lowest BCUT2D eigenvalue weighted by Crippen LogP contribution is -2.52. The van der Waals surface area contributed by atoms with Gasteiger partial charge < -0.3 is 9.47 Å². The van der Waals surface area contributed by atoms with Gasteiger partial charge in [0.15, 0.2) is 0 Å². The molecule has 1 saturated carbocycles. The van der Waals surface area contributed by atoms with Crippen LogP contribution in [-0.2, 0) is 11.3 Å². The summed E-state index contributed by atoms with van der Waals surface area (Å²) in [4.78, 5) is 6.80. The van der Waals surface area contributed by atoms with Crippen molar-refractivity contribution in [2.45, 2.75) is 50.0 Å². The number of H-pyrrole nitrogens is 1. The van der Waals surface area contributed by atoms with Crippen LogP contribution >= 0.6 is 0 Å². The summed E-state index contributed by atoms with van der Waals surface area (Å²) in [5, 5.41) is 7.13. The number of hydrogen-bond donors (Lipinski definition) is 1. The summed E-state index contributed by atoms with van der Waals surface area (Å²) < 4.78 is 12.1. The third kappa shape index (κ3) is 2.91. The third-order valence-corrected chi connectivity index (χ3v) is 5.51. The van der Waals surface area contributed by atoms with Crippen LogP contribution < -0.4 is 4.74 Å². The van der Waals surface area contributed by atoms with Crippen molar-refractivity contribution in [3.05, 3.63) is 42.4 Å². The van der Waals surface area contributed by atoms with Crippen molar-refractivity contribution in [1.82, 2.24) is 20.1 Å². The Morgan fingerprint density at radius 2 is 2.25 bits per heavy atom. The molecule has 2 fully saturated rings. The molecule has 1 saturated heterocycles. The fraction of sp³-hybridized carbons (Fsp3) is 0.556. The van der Waals surface area contributed by atoms with Crippen molar-refractivity contribution in [3.63, 3.8) is 0 Å². The molecule has 6 heteroatoms. The maximum Gasteiger partial charge on any atom is 0.213 e. The van der Waals surface area contributed by atoms with Crippen LogP contribution in [0.4, 0.5) is 0 Å². The van der Waals surface area contributed by atoms with E-state index in [0.717, 1.165) is 44.5 Å². The minimum atomic E-state index is -0.0377. The molecule has 1 N–H and O–H groups in total. The van der Waals surface area contributed by atoms with Crippen molar-refractivity contribution in [2.75, 3.05) is 13.7 Å². The fourth-order valence-electron chi connectivity index (χ4n) is 4.23. The van der Waals surface area contributed by atoms with Gasteiger partial charge in [0.05, 0.1) is 5.60 Å². The summed E-state index contributed by atoms with van der Waals surface area (Å²) in [7, 11) is 1.85. The number of aromatic nitrogens is 3. The Morgan fingerprint density at radius 1 is 1.29 bits per heavy atom. The number of fused-ring (bicyclic) bond motifs is 1. The molecular weight excluding hydrogens is 304 g/mol. The van der Waals surface area contributed by atoms with Crippen LogP contribution in [0.15, 0.2) is 36.7 Å². The molecule has 2 aromatic rings. The second kappa shape index (κ2) is 6.53. The highest BCUT2D eigenvalue weighted by Crippen LogP contribution is 2.43. The maximum absolute atomic E-state index is 6.12. The summed E-state index contributed by atoms with van der Waals surface area (Å²) in [6, 6.07) is 8.21. The van der Waals surface area contributed by atoms with Crippen LogP contribution in [0, 0.1) is 0 Å². The Balaban J connectivity index is 1.48. The third-order valence-electron chi connectivity index (χ3n) is 5.51. The molecule has 0 unspecified atom stereocenters. The number of methoxy groups -OCH3 is 1. The van der Waals surface area contributed by atoms with Crippen LogP contribution in [0.1, 0.15) is 31.4 Å². The largest absolute Gasteiger partial charge is 0.474 e. The first-order chi connectivity index (χ1) is 11.8. The molecule has 1 aliphatic heterocycles. The molecule has 0 radical (unpaired) electrons. The monoisotopic (exact) mass is 328 g/mol. The smallest absolute Gasteiger partial charge is 0.213 e. The van der Waals surface area contributed by atoms with Gasteiger partial charge in [-0.25, -0.2) is 4.98 Å². The predicted molar refractivity (Wildman–Crippen MR) is 89.6 cm³/mol. The van der Waals surface area contributed by atoms with Gasteiger partial charge in [-0.2, -0.15) is 5.10 Å². The average molecular weight is 328 g/mol. The van der Waals surface area contributed by atoms with E-state index in [2.05, 4.69) is 20.1 Å². The number of nitrogens with one attached hydrogen (secondary N) is 1. The van der Waals surface area contributed by atoms with Crippen LogP contribution in [0.2, 0.25) is 0 Å². The lowest BCUT2D eigenvalue weighted by Gasteiger charge is -2.43. The topological polar surface area (TPSA) is 63.3 Å². The zero-order valence-electron chi connectivity index (χ0n) is 14.0. The second-order valence-electron chi connectivity index (χ2n) is 6.77. The molecule has 0 amide bonds. The number of likely N-dealkylation sites (tertiary alicyclic amines) is 1. The molecule has 3 heterocycles. The van der Waals surface area contributed by atoms with E-state index in [9.17, 15) is 0 Å². The highest BCUT2D eigenvalue weighted by atomic mass is 16.5. The Morgan fingerprint density at radius 3 is 3.00 bits per heavy atom. The van der Waals surface area contributed by atoms with Gasteiger partial charge in [-0.3, -0.25) is 10.00 Å². The van der Waals surface area contributed by atoms with E-state index in [-0.39, 0.29) is 11.7 Å². The van der Waals surface area contributed by atoms with Crippen LogP contribution in [0.5, 0.6) is 5.88 Å². The van der Waals surface area contributed by atoms with Crippen LogP contribution in [0.3, 0.4) is 0 Å². The predicted octanol–water partition coefficient (Wildman–Crippen LogP) is 2.40. The van der Waals surface area contributed by atoms with E-state index in [1.54, 1.807) is 6.20 Å². The zero-order chi connectivity index (χ0) is 16.4. The first-order valence-corrected chi connectivity index (χ1v) is 8.64. The normalized spacial score (nSPS) is 30.2. The first kappa shape index (κ1) is 15.6. The molecule has 0 spiro atoms. The minimum Gasteiger partial charge on any atom is -0.474 e.